The monoisotopic (exact) mass is 485 g/mol. The van der Waals surface area contributed by atoms with Gasteiger partial charge in [-0.3, -0.25) is 14.4 Å². The van der Waals surface area contributed by atoms with Crippen molar-refractivity contribution in [1.82, 2.24) is 9.37 Å². The minimum Gasteiger partial charge on any atom is -0.339 e. The molecule has 0 aromatic heterocycles. The molecule has 1 fully saturated rings. The summed E-state index contributed by atoms with van der Waals surface area (Å²) in [5.41, 5.74) is 0.588. The van der Waals surface area contributed by atoms with Gasteiger partial charge in [0.1, 0.15) is 4.90 Å². The molecule has 0 aliphatic carbocycles. The molecule has 2 aromatic carbocycles. The van der Waals surface area contributed by atoms with Crippen molar-refractivity contribution < 1.29 is 22.8 Å². The SMILES string of the molecule is CON(C)S(=O)(=O)c1cc(C(=O)Nc2ccc(Cl)cc2C(=O)N2CCCC2)ccc1Cl. The van der Waals surface area contributed by atoms with Crippen LogP contribution in [0, 0.1) is 0 Å². The van der Waals surface area contributed by atoms with E-state index in [1.54, 1.807) is 11.0 Å². The molecule has 1 aliphatic rings. The Morgan fingerprint density at radius 2 is 1.77 bits per heavy atom. The van der Waals surface area contributed by atoms with Gasteiger partial charge in [-0.1, -0.05) is 27.7 Å². The molecule has 1 N–H and O–H groups in total. The molecule has 0 spiro atoms. The van der Waals surface area contributed by atoms with Gasteiger partial charge in [-0.05, 0) is 49.2 Å². The van der Waals surface area contributed by atoms with Crippen molar-refractivity contribution in [2.75, 3.05) is 32.6 Å². The molecule has 3 rings (SSSR count). The van der Waals surface area contributed by atoms with Crippen LogP contribution in [0.2, 0.25) is 10.0 Å². The standard InChI is InChI=1S/C20H21Cl2N3O5S/c1-24(30-2)31(28,29)18-11-13(5-7-16(18)22)19(26)23-17-8-6-14(21)12-15(17)20(27)25-9-3-4-10-25/h5-8,11-12H,3-4,9-10H2,1-2H3,(H,23,26). The second-order valence-electron chi connectivity index (χ2n) is 6.89. The van der Waals surface area contributed by atoms with Crippen molar-refractivity contribution in [3.8, 4) is 0 Å². The average molecular weight is 486 g/mol. The maximum Gasteiger partial charge on any atom is 0.266 e. The molecule has 11 heteroatoms. The molecule has 1 saturated heterocycles. The summed E-state index contributed by atoms with van der Waals surface area (Å²) >= 11 is 12.1. The predicted molar refractivity (Wildman–Crippen MR) is 118 cm³/mol. The van der Waals surface area contributed by atoms with Crippen LogP contribution >= 0.6 is 23.2 Å². The summed E-state index contributed by atoms with van der Waals surface area (Å²) in [4.78, 5) is 31.9. The number of likely N-dealkylation sites (tertiary alicyclic amines) is 1. The zero-order chi connectivity index (χ0) is 22.8. The van der Waals surface area contributed by atoms with E-state index >= 15 is 0 Å². The fourth-order valence-corrected chi connectivity index (χ4v) is 4.81. The Kier molecular flexibility index (Phi) is 7.23. The Morgan fingerprint density at radius 3 is 2.42 bits per heavy atom. The molecular formula is C20H21Cl2N3O5S. The number of halogens is 2. The van der Waals surface area contributed by atoms with Crippen LogP contribution in [-0.4, -0.2) is 56.8 Å². The second kappa shape index (κ2) is 9.54. The van der Waals surface area contributed by atoms with Crippen LogP contribution in [0.15, 0.2) is 41.3 Å². The fraction of sp³-hybridized carbons (Fsp3) is 0.300. The highest BCUT2D eigenvalue weighted by Crippen LogP contribution is 2.27. The summed E-state index contributed by atoms with van der Waals surface area (Å²) in [5, 5.41) is 2.98. The Hall–Kier alpha value is -2.17. The molecule has 1 heterocycles. The van der Waals surface area contributed by atoms with Crippen LogP contribution in [0.1, 0.15) is 33.6 Å². The molecule has 31 heavy (non-hydrogen) atoms. The van der Waals surface area contributed by atoms with E-state index in [-0.39, 0.29) is 32.6 Å². The van der Waals surface area contributed by atoms with Crippen molar-refractivity contribution >= 4 is 50.7 Å². The lowest BCUT2D eigenvalue weighted by Crippen LogP contribution is -2.29. The van der Waals surface area contributed by atoms with Crippen LogP contribution in [0.4, 0.5) is 5.69 Å². The maximum absolute atomic E-state index is 12.9. The molecule has 0 atom stereocenters. The Bertz CT molecular complexity index is 1120. The topological polar surface area (TPSA) is 96.0 Å². The third kappa shape index (κ3) is 5.02. The van der Waals surface area contributed by atoms with Crippen molar-refractivity contribution in [1.29, 1.82) is 0 Å². The van der Waals surface area contributed by atoms with Crippen molar-refractivity contribution in [2.24, 2.45) is 0 Å². The van der Waals surface area contributed by atoms with Gasteiger partial charge in [0.05, 0.1) is 23.4 Å². The molecular weight excluding hydrogens is 465 g/mol. The van der Waals surface area contributed by atoms with Crippen LogP contribution in [0.5, 0.6) is 0 Å². The largest absolute Gasteiger partial charge is 0.339 e. The highest BCUT2D eigenvalue weighted by atomic mass is 35.5. The van der Waals surface area contributed by atoms with E-state index in [2.05, 4.69) is 5.32 Å². The molecule has 1 aliphatic heterocycles. The van der Waals surface area contributed by atoms with E-state index in [0.29, 0.717) is 22.6 Å². The third-order valence-electron chi connectivity index (χ3n) is 4.92. The summed E-state index contributed by atoms with van der Waals surface area (Å²) in [5.74, 6) is -0.831. The Morgan fingerprint density at radius 1 is 1.10 bits per heavy atom. The second-order valence-corrected chi connectivity index (χ2v) is 9.63. The summed E-state index contributed by atoms with van der Waals surface area (Å²) in [6.45, 7) is 1.29. The summed E-state index contributed by atoms with van der Waals surface area (Å²) in [7, 11) is -1.66. The Balaban J connectivity index is 1.92. The number of hydroxylamine groups is 1. The van der Waals surface area contributed by atoms with Crippen LogP contribution in [0.3, 0.4) is 0 Å². The summed E-state index contributed by atoms with van der Waals surface area (Å²) < 4.78 is 25.8. The number of anilines is 1. The predicted octanol–water partition coefficient (Wildman–Crippen LogP) is 3.66. The van der Waals surface area contributed by atoms with Gasteiger partial charge in [-0.25, -0.2) is 8.42 Å². The zero-order valence-electron chi connectivity index (χ0n) is 16.9. The average Bonchev–Trinajstić information content (AvgIpc) is 3.28. The van der Waals surface area contributed by atoms with Crippen LogP contribution < -0.4 is 5.32 Å². The number of benzene rings is 2. The molecule has 0 radical (unpaired) electrons. The van der Waals surface area contributed by atoms with Gasteiger partial charge in [0.2, 0.25) is 0 Å². The van der Waals surface area contributed by atoms with Crippen LogP contribution in [-0.2, 0) is 14.9 Å². The van der Waals surface area contributed by atoms with Gasteiger partial charge in [0.15, 0.2) is 0 Å². The van der Waals surface area contributed by atoms with Gasteiger partial charge in [0.25, 0.3) is 21.8 Å². The minimum atomic E-state index is -4.07. The quantitative estimate of drug-likeness (QED) is 0.629. The lowest BCUT2D eigenvalue weighted by atomic mass is 10.1. The lowest BCUT2D eigenvalue weighted by Gasteiger charge is -2.19. The first-order valence-corrected chi connectivity index (χ1v) is 11.6. The fourth-order valence-electron chi connectivity index (χ4n) is 3.17. The first-order valence-electron chi connectivity index (χ1n) is 9.38. The van der Waals surface area contributed by atoms with Gasteiger partial charge in [-0.2, -0.15) is 0 Å². The first kappa shape index (κ1) is 23.5. The van der Waals surface area contributed by atoms with Gasteiger partial charge < -0.3 is 10.2 Å². The van der Waals surface area contributed by atoms with E-state index in [9.17, 15) is 18.0 Å². The number of nitrogens with one attached hydrogen (secondary N) is 1. The number of amides is 2. The number of hydrogen-bond donors (Lipinski definition) is 1. The molecule has 0 unspecified atom stereocenters. The molecule has 0 saturated carbocycles. The first-order chi connectivity index (χ1) is 14.6. The molecule has 2 aromatic rings. The highest BCUT2D eigenvalue weighted by molar-refractivity contribution is 7.89. The van der Waals surface area contributed by atoms with E-state index in [1.807, 2.05) is 0 Å². The van der Waals surface area contributed by atoms with Crippen molar-refractivity contribution in [3.63, 3.8) is 0 Å². The minimum absolute atomic E-state index is 0.0435. The molecule has 8 nitrogen and oxygen atoms in total. The van der Waals surface area contributed by atoms with E-state index in [1.165, 1.54) is 38.4 Å². The van der Waals surface area contributed by atoms with E-state index in [0.717, 1.165) is 18.9 Å². The van der Waals surface area contributed by atoms with E-state index < -0.39 is 15.9 Å². The van der Waals surface area contributed by atoms with Gasteiger partial charge >= 0.3 is 0 Å². The normalized spacial score (nSPS) is 14.2. The van der Waals surface area contributed by atoms with E-state index in [4.69, 9.17) is 28.0 Å². The summed E-state index contributed by atoms with van der Waals surface area (Å²) in [6.07, 6.45) is 1.85. The number of nitrogens with zero attached hydrogens (tertiary/aromatic N) is 2. The van der Waals surface area contributed by atoms with Gasteiger partial charge in [-0.15, -0.1) is 0 Å². The number of hydrogen-bond acceptors (Lipinski definition) is 5. The highest BCUT2D eigenvalue weighted by Gasteiger charge is 2.26. The van der Waals surface area contributed by atoms with Gasteiger partial charge in [0, 0.05) is 30.7 Å². The summed E-state index contributed by atoms with van der Waals surface area (Å²) in [6, 6.07) is 8.45. The number of sulfonamides is 1. The number of rotatable bonds is 6. The third-order valence-corrected chi connectivity index (χ3v) is 7.32. The van der Waals surface area contributed by atoms with Crippen molar-refractivity contribution in [3.05, 3.63) is 57.6 Å². The molecule has 2 amide bonds. The zero-order valence-corrected chi connectivity index (χ0v) is 19.2. The number of carbonyl (C=O) groups is 2. The van der Waals surface area contributed by atoms with Crippen LogP contribution in [0.25, 0.3) is 0 Å². The maximum atomic E-state index is 12.9. The smallest absolute Gasteiger partial charge is 0.266 e. The number of carbonyl (C=O) groups excluding carboxylic acids is 2. The van der Waals surface area contributed by atoms with Crippen molar-refractivity contribution in [2.45, 2.75) is 17.7 Å². The Labute approximate surface area is 190 Å². The molecule has 166 valence electrons. The lowest BCUT2D eigenvalue weighted by molar-refractivity contribution is -0.0258. The molecule has 0 bridgehead atoms.